The number of thiol groups is 1. The smallest absolute Gasteiger partial charge is 0.0899 e. The van der Waals surface area contributed by atoms with Crippen LogP contribution in [0.4, 0.5) is 0 Å². The number of aliphatic hydroxyl groups excluding tert-OH is 1. The highest BCUT2D eigenvalue weighted by molar-refractivity contribution is 7.80. The number of aliphatic hydroxyl groups is 1. The molecule has 0 aliphatic carbocycles. The minimum Gasteiger partial charge on any atom is -0.389 e. The zero-order valence-electron chi connectivity index (χ0n) is 11.2. The van der Waals surface area contributed by atoms with Gasteiger partial charge < -0.3 is 14.7 Å². The van der Waals surface area contributed by atoms with E-state index in [1.165, 1.54) is 0 Å². The van der Waals surface area contributed by atoms with Crippen LogP contribution in [0, 0.1) is 11.3 Å². The van der Waals surface area contributed by atoms with Gasteiger partial charge in [-0.2, -0.15) is 12.6 Å². The first-order valence-corrected chi connectivity index (χ1v) is 6.41. The Bertz CT molecular complexity index is 182. The van der Waals surface area contributed by atoms with Crippen LogP contribution in [0.5, 0.6) is 0 Å². The van der Waals surface area contributed by atoms with Crippen LogP contribution in [0.25, 0.3) is 0 Å². The standard InChI is InChI=1S/C12H27NO2S/c1-12(2,3)10(9-16)6-13(4)7-11(14)8-15-5/h10-11,14,16H,6-9H2,1-5H3. The lowest BCUT2D eigenvalue weighted by molar-refractivity contribution is 0.0369. The number of hydrogen-bond acceptors (Lipinski definition) is 4. The van der Waals surface area contributed by atoms with E-state index in [1.54, 1.807) is 7.11 Å². The third kappa shape index (κ3) is 6.74. The third-order valence-electron chi connectivity index (χ3n) is 2.86. The Labute approximate surface area is 106 Å². The number of rotatable bonds is 7. The van der Waals surface area contributed by atoms with Crippen molar-refractivity contribution >= 4 is 12.6 Å². The van der Waals surface area contributed by atoms with E-state index in [0.717, 1.165) is 12.3 Å². The van der Waals surface area contributed by atoms with Crippen LogP contribution in [0.1, 0.15) is 20.8 Å². The molecule has 0 aromatic heterocycles. The van der Waals surface area contributed by atoms with Gasteiger partial charge in [-0.15, -0.1) is 0 Å². The Morgan fingerprint density at radius 2 is 1.88 bits per heavy atom. The summed E-state index contributed by atoms with van der Waals surface area (Å²) in [5.41, 5.74) is 0.252. The van der Waals surface area contributed by atoms with Gasteiger partial charge in [0.25, 0.3) is 0 Å². The maximum Gasteiger partial charge on any atom is 0.0899 e. The Hall–Kier alpha value is 0.230. The number of methoxy groups -OCH3 is 1. The molecule has 0 bridgehead atoms. The summed E-state index contributed by atoms with van der Waals surface area (Å²) >= 11 is 4.40. The minimum atomic E-state index is -0.407. The first-order chi connectivity index (χ1) is 7.31. The molecule has 0 aliphatic heterocycles. The van der Waals surface area contributed by atoms with Crippen LogP contribution in [0.2, 0.25) is 0 Å². The van der Waals surface area contributed by atoms with Crippen molar-refractivity contribution in [1.82, 2.24) is 4.90 Å². The second-order valence-electron chi connectivity index (χ2n) is 5.58. The van der Waals surface area contributed by atoms with Crippen molar-refractivity contribution in [2.24, 2.45) is 11.3 Å². The second-order valence-corrected chi connectivity index (χ2v) is 5.94. The fourth-order valence-electron chi connectivity index (χ4n) is 1.66. The fourth-order valence-corrected chi connectivity index (χ4v) is 2.32. The molecule has 0 aliphatic rings. The lowest BCUT2D eigenvalue weighted by Crippen LogP contribution is -2.39. The summed E-state index contributed by atoms with van der Waals surface area (Å²) in [6, 6.07) is 0. The van der Waals surface area contributed by atoms with Gasteiger partial charge in [0.15, 0.2) is 0 Å². The molecule has 0 saturated heterocycles. The molecule has 0 aromatic rings. The van der Waals surface area contributed by atoms with Crippen molar-refractivity contribution in [3.63, 3.8) is 0 Å². The van der Waals surface area contributed by atoms with Gasteiger partial charge in [0.1, 0.15) is 0 Å². The Kier molecular flexibility index (Phi) is 7.64. The van der Waals surface area contributed by atoms with Gasteiger partial charge in [0, 0.05) is 20.2 Å². The molecule has 0 saturated carbocycles. The molecule has 0 spiro atoms. The van der Waals surface area contributed by atoms with Crippen LogP contribution in [0.3, 0.4) is 0 Å². The SMILES string of the molecule is COCC(O)CN(C)CC(CS)C(C)(C)C. The number of likely N-dealkylation sites (N-methyl/N-ethyl adjacent to an activating group) is 1. The molecule has 0 heterocycles. The molecule has 16 heavy (non-hydrogen) atoms. The Balaban J connectivity index is 4.06. The van der Waals surface area contributed by atoms with Crippen molar-refractivity contribution in [2.45, 2.75) is 26.9 Å². The van der Waals surface area contributed by atoms with E-state index in [-0.39, 0.29) is 5.41 Å². The molecule has 0 rings (SSSR count). The first kappa shape index (κ1) is 16.2. The zero-order chi connectivity index (χ0) is 12.8. The zero-order valence-corrected chi connectivity index (χ0v) is 12.1. The summed E-state index contributed by atoms with van der Waals surface area (Å²) in [5, 5.41) is 9.62. The number of hydrogen-bond donors (Lipinski definition) is 2. The summed E-state index contributed by atoms with van der Waals surface area (Å²) in [6.07, 6.45) is -0.407. The lowest BCUT2D eigenvalue weighted by atomic mass is 9.81. The molecule has 0 amide bonds. The normalized spacial score (nSPS) is 16.5. The monoisotopic (exact) mass is 249 g/mol. The van der Waals surface area contributed by atoms with Crippen LogP contribution in [-0.4, -0.2) is 55.7 Å². The summed E-state index contributed by atoms with van der Waals surface area (Å²) in [6.45, 7) is 8.68. The molecule has 3 nitrogen and oxygen atoms in total. The van der Waals surface area contributed by atoms with Gasteiger partial charge in [-0.3, -0.25) is 0 Å². The molecule has 1 N–H and O–H groups in total. The number of nitrogens with zero attached hydrogens (tertiary/aromatic N) is 1. The average molecular weight is 249 g/mol. The van der Waals surface area contributed by atoms with Crippen LogP contribution in [0.15, 0.2) is 0 Å². The van der Waals surface area contributed by atoms with Crippen LogP contribution in [-0.2, 0) is 4.74 Å². The Morgan fingerprint density at radius 3 is 2.25 bits per heavy atom. The highest BCUT2D eigenvalue weighted by atomic mass is 32.1. The molecular formula is C12H27NO2S. The molecule has 4 heteroatoms. The number of ether oxygens (including phenoxy) is 1. The molecule has 2 atom stereocenters. The van der Waals surface area contributed by atoms with Gasteiger partial charge in [-0.05, 0) is 24.1 Å². The van der Waals surface area contributed by atoms with Gasteiger partial charge >= 0.3 is 0 Å². The molecule has 0 radical (unpaired) electrons. The van der Waals surface area contributed by atoms with E-state index in [0.29, 0.717) is 19.1 Å². The van der Waals surface area contributed by atoms with E-state index in [4.69, 9.17) is 4.74 Å². The van der Waals surface area contributed by atoms with Crippen molar-refractivity contribution in [1.29, 1.82) is 0 Å². The maximum absolute atomic E-state index is 9.62. The average Bonchev–Trinajstić information content (AvgIpc) is 2.12. The third-order valence-corrected chi connectivity index (χ3v) is 3.30. The molecule has 0 fully saturated rings. The van der Waals surface area contributed by atoms with E-state index in [9.17, 15) is 5.11 Å². The highest BCUT2D eigenvalue weighted by Crippen LogP contribution is 2.27. The molecule has 0 aromatic carbocycles. The fraction of sp³-hybridized carbons (Fsp3) is 1.00. The highest BCUT2D eigenvalue weighted by Gasteiger charge is 2.24. The predicted octanol–water partition coefficient (Wildman–Crippen LogP) is 1.52. The molecule has 98 valence electrons. The largest absolute Gasteiger partial charge is 0.389 e. The predicted molar refractivity (Wildman–Crippen MR) is 72.2 cm³/mol. The van der Waals surface area contributed by atoms with E-state index < -0.39 is 6.10 Å². The van der Waals surface area contributed by atoms with Gasteiger partial charge in [-0.1, -0.05) is 20.8 Å². The quantitative estimate of drug-likeness (QED) is 0.671. The van der Waals surface area contributed by atoms with Crippen LogP contribution < -0.4 is 0 Å². The van der Waals surface area contributed by atoms with E-state index in [2.05, 4.69) is 38.3 Å². The van der Waals surface area contributed by atoms with E-state index in [1.807, 2.05) is 7.05 Å². The maximum atomic E-state index is 9.62. The van der Waals surface area contributed by atoms with Crippen LogP contribution >= 0.6 is 12.6 Å². The van der Waals surface area contributed by atoms with Gasteiger partial charge in [-0.25, -0.2) is 0 Å². The van der Waals surface area contributed by atoms with Crippen molar-refractivity contribution in [3.8, 4) is 0 Å². The summed E-state index contributed by atoms with van der Waals surface area (Å²) in [4.78, 5) is 2.15. The summed E-state index contributed by atoms with van der Waals surface area (Å²) < 4.78 is 4.91. The van der Waals surface area contributed by atoms with Gasteiger partial charge in [0.05, 0.1) is 12.7 Å². The topological polar surface area (TPSA) is 32.7 Å². The van der Waals surface area contributed by atoms with Crippen molar-refractivity contribution in [2.75, 3.05) is 39.6 Å². The second kappa shape index (κ2) is 7.54. The first-order valence-electron chi connectivity index (χ1n) is 5.77. The van der Waals surface area contributed by atoms with E-state index >= 15 is 0 Å². The van der Waals surface area contributed by atoms with Crippen molar-refractivity contribution in [3.05, 3.63) is 0 Å². The Morgan fingerprint density at radius 1 is 1.31 bits per heavy atom. The van der Waals surface area contributed by atoms with Gasteiger partial charge in [0.2, 0.25) is 0 Å². The van der Waals surface area contributed by atoms with Crippen molar-refractivity contribution < 1.29 is 9.84 Å². The summed E-state index contributed by atoms with van der Waals surface area (Å²) in [5.74, 6) is 1.39. The summed E-state index contributed by atoms with van der Waals surface area (Å²) in [7, 11) is 3.63. The molecule has 2 unspecified atom stereocenters. The minimum absolute atomic E-state index is 0.252. The lowest BCUT2D eigenvalue weighted by Gasteiger charge is -2.33. The molecular weight excluding hydrogens is 222 g/mol.